The Morgan fingerprint density at radius 3 is 2.42 bits per heavy atom. The van der Waals surface area contributed by atoms with Crippen LogP contribution in [-0.2, 0) is 16.0 Å². The summed E-state index contributed by atoms with van der Waals surface area (Å²) in [5, 5.41) is 0.403. The van der Waals surface area contributed by atoms with Crippen molar-refractivity contribution in [3.63, 3.8) is 0 Å². The lowest BCUT2D eigenvalue weighted by Gasteiger charge is -2.15. The molecule has 0 radical (unpaired) electrons. The van der Waals surface area contributed by atoms with Gasteiger partial charge in [0.2, 0.25) is 0 Å². The van der Waals surface area contributed by atoms with Crippen LogP contribution in [0.4, 0.5) is 0 Å². The maximum absolute atomic E-state index is 12.0. The van der Waals surface area contributed by atoms with Gasteiger partial charge in [-0.15, -0.1) is 0 Å². The summed E-state index contributed by atoms with van der Waals surface area (Å²) in [4.78, 5) is 23.7. The second-order valence-corrected chi connectivity index (χ2v) is 5.92. The van der Waals surface area contributed by atoms with E-state index in [1.807, 2.05) is 12.1 Å². The van der Waals surface area contributed by atoms with Crippen LogP contribution in [0.3, 0.4) is 0 Å². The van der Waals surface area contributed by atoms with Crippen LogP contribution in [0, 0.1) is 0 Å². The fraction of sp³-hybridized carbons (Fsp3) is 0.263. The molecule has 0 heterocycles. The van der Waals surface area contributed by atoms with Crippen LogP contribution in [0.15, 0.2) is 48.5 Å². The normalized spacial score (nSPS) is 11.3. The van der Waals surface area contributed by atoms with Crippen molar-refractivity contribution in [2.45, 2.75) is 26.4 Å². The molecule has 1 atom stereocenters. The van der Waals surface area contributed by atoms with E-state index in [4.69, 9.17) is 21.1 Å². The van der Waals surface area contributed by atoms with Crippen LogP contribution < -0.4 is 20.3 Å². The molecule has 6 nitrogen and oxygen atoms in total. The SMILES string of the molecule is CCc1ccc(O[C@@H](C)C(=O)NNC(=O)COc2ccccc2Cl)cc1. The second-order valence-electron chi connectivity index (χ2n) is 5.51. The number of amides is 2. The minimum Gasteiger partial charge on any atom is -0.482 e. The molecule has 2 N–H and O–H groups in total. The molecule has 0 aliphatic rings. The van der Waals surface area contributed by atoms with E-state index in [1.54, 1.807) is 43.3 Å². The van der Waals surface area contributed by atoms with Crippen LogP contribution in [0.2, 0.25) is 5.02 Å². The molecule has 2 rings (SSSR count). The maximum Gasteiger partial charge on any atom is 0.279 e. The van der Waals surface area contributed by atoms with E-state index in [1.165, 1.54) is 5.56 Å². The van der Waals surface area contributed by atoms with Gasteiger partial charge in [0.05, 0.1) is 5.02 Å². The monoisotopic (exact) mass is 376 g/mol. The Balaban J connectivity index is 1.74. The number of rotatable bonds is 7. The van der Waals surface area contributed by atoms with Crippen LogP contribution in [0.25, 0.3) is 0 Å². The number of benzene rings is 2. The summed E-state index contributed by atoms with van der Waals surface area (Å²) in [6.45, 7) is 3.37. The number of para-hydroxylation sites is 1. The van der Waals surface area contributed by atoms with E-state index in [0.29, 0.717) is 16.5 Å². The molecule has 26 heavy (non-hydrogen) atoms. The summed E-state index contributed by atoms with van der Waals surface area (Å²) >= 11 is 5.93. The van der Waals surface area contributed by atoms with Crippen molar-refractivity contribution in [2.75, 3.05) is 6.61 Å². The molecule has 0 saturated heterocycles. The zero-order chi connectivity index (χ0) is 18.9. The lowest BCUT2D eigenvalue weighted by Crippen LogP contribution is -2.48. The van der Waals surface area contributed by atoms with Crippen molar-refractivity contribution in [1.29, 1.82) is 0 Å². The topological polar surface area (TPSA) is 76.7 Å². The summed E-state index contributed by atoms with van der Waals surface area (Å²) in [5.41, 5.74) is 5.75. The van der Waals surface area contributed by atoms with Gasteiger partial charge in [0.25, 0.3) is 11.8 Å². The lowest BCUT2D eigenvalue weighted by molar-refractivity contribution is -0.133. The van der Waals surface area contributed by atoms with Crippen molar-refractivity contribution in [1.82, 2.24) is 10.9 Å². The average molecular weight is 377 g/mol. The first-order valence-electron chi connectivity index (χ1n) is 8.21. The van der Waals surface area contributed by atoms with Gasteiger partial charge in [-0.25, -0.2) is 0 Å². The smallest absolute Gasteiger partial charge is 0.279 e. The Hall–Kier alpha value is -2.73. The van der Waals surface area contributed by atoms with Gasteiger partial charge >= 0.3 is 0 Å². The molecule has 0 spiro atoms. The first-order valence-corrected chi connectivity index (χ1v) is 8.59. The predicted molar refractivity (Wildman–Crippen MR) is 99.1 cm³/mol. The number of aryl methyl sites for hydroxylation is 1. The van der Waals surface area contributed by atoms with Crippen LogP contribution in [-0.4, -0.2) is 24.5 Å². The Bertz CT molecular complexity index is 749. The van der Waals surface area contributed by atoms with E-state index in [2.05, 4.69) is 17.8 Å². The molecule has 2 amide bonds. The molecule has 0 saturated carbocycles. The summed E-state index contributed by atoms with van der Waals surface area (Å²) in [6.07, 6.45) is 0.158. The van der Waals surface area contributed by atoms with Gasteiger partial charge in [-0.05, 0) is 43.2 Å². The van der Waals surface area contributed by atoms with Gasteiger partial charge in [0.1, 0.15) is 11.5 Å². The minimum atomic E-state index is -0.771. The van der Waals surface area contributed by atoms with Crippen molar-refractivity contribution >= 4 is 23.4 Å². The average Bonchev–Trinajstić information content (AvgIpc) is 2.66. The number of hydrogen-bond donors (Lipinski definition) is 2. The summed E-state index contributed by atoms with van der Waals surface area (Å²) < 4.78 is 10.8. The first kappa shape index (κ1) is 19.6. The maximum atomic E-state index is 12.0. The zero-order valence-electron chi connectivity index (χ0n) is 14.6. The van der Waals surface area contributed by atoms with Gasteiger partial charge in [0.15, 0.2) is 12.7 Å². The van der Waals surface area contributed by atoms with Crippen molar-refractivity contribution in [2.24, 2.45) is 0 Å². The number of halogens is 1. The molecule has 2 aromatic carbocycles. The highest BCUT2D eigenvalue weighted by Crippen LogP contribution is 2.22. The molecule has 0 aromatic heterocycles. The number of nitrogens with one attached hydrogen (secondary N) is 2. The number of hydrazine groups is 1. The molecular formula is C19H21ClN2O4. The fourth-order valence-corrected chi connectivity index (χ4v) is 2.23. The van der Waals surface area contributed by atoms with E-state index < -0.39 is 17.9 Å². The Morgan fingerprint density at radius 1 is 1.08 bits per heavy atom. The zero-order valence-corrected chi connectivity index (χ0v) is 15.4. The van der Waals surface area contributed by atoms with Crippen molar-refractivity contribution in [3.05, 3.63) is 59.1 Å². The van der Waals surface area contributed by atoms with Gasteiger partial charge in [-0.1, -0.05) is 42.8 Å². The summed E-state index contributed by atoms with van der Waals surface area (Å²) in [7, 11) is 0. The van der Waals surface area contributed by atoms with E-state index in [9.17, 15) is 9.59 Å². The summed E-state index contributed by atoms with van der Waals surface area (Å²) in [6, 6.07) is 14.3. The predicted octanol–water partition coefficient (Wildman–Crippen LogP) is 2.90. The molecule has 0 aliphatic heterocycles. The van der Waals surface area contributed by atoms with Gasteiger partial charge in [-0.2, -0.15) is 0 Å². The third-order valence-electron chi connectivity index (χ3n) is 3.53. The molecule has 0 aliphatic carbocycles. The van der Waals surface area contributed by atoms with E-state index in [-0.39, 0.29) is 6.61 Å². The minimum absolute atomic E-state index is 0.280. The number of ether oxygens (including phenoxy) is 2. The molecule has 0 bridgehead atoms. The Labute approximate surface area is 157 Å². The highest BCUT2D eigenvalue weighted by atomic mass is 35.5. The molecule has 7 heteroatoms. The Kier molecular flexibility index (Phi) is 7.29. The van der Waals surface area contributed by atoms with Gasteiger partial charge in [-0.3, -0.25) is 20.4 Å². The van der Waals surface area contributed by atoms with Gasteiger partial charge in [0, 0.05) is 0 Å². The highest BCUT2D eigenvalue weighted by Gasteiger charge is 2.15. The molecule has 0 fully saturated rings. The number of hydrogen-bond acceptors (Lipinski definition) is 4. The highest BCUT2D eigenvalue weighted by molar-refractivity contribution is 6.32. The third-order valence-corrected chi connectivity index (χ3v) is 3.85. The van der Waals surface area contributed by atoms with E-state index in [0.717, 1.165) is 6.42 Å². The van der Waals surface area contributed by atoms with Crippen molar-refractivity contribution < 1.29 is 19.1 Å². The molecule has 0 unspecified atom stereocenters. The number of carbonyl (C=O) groups excluding carboxylic acids is 2. The largest absolute Gasteiger partial charge is 0.482 e. The molecule has 2 aromatic rings. The lowest BCUT2D eigenvalue weighted by atomic mass is 10.2. The van der Waals surface area contributed by atoms with Crippen LogP contribution in [0.1, 0.15) is 19.4 Å². The Morgan fingerprint density at radius 2 is 1.77 bits per heavy atom. The van der Waals surface area contributed by atoms with E-state index >= 15 is 0 Å². The summed E-state index contributed by atoms with van der Waals surface area (Å²) in [5.74, 6) is -0.0190. The first-order chi connectivity index (χ1) is 12.5. The molecule has 138 valence electrons. The third kappa shape index (κ3) is 5.97. The van der Waals surface area contributed by atoms with Gasteiger partial charge < -0.3 is 9.47 Å². The quantitative estimate of drug-likeness (QED) is 0.728. The fourth-order valence-electron chi connectivity index (χ4n) is 2.04. The van der Waals surface area contributed by atoms with Crippen molar-refractivity contribution in [3.8, 4) is 11.5 Å². The van der Waals surface area contributed by atoms with Crippen LogP contribution in [0.5, 0.6) is 11.5 Å². The second kappa shape index (κ2) is 9.68. The van der Waals surface area contributed by atoms with Crippen LogP contribution >= 0.6 is 11.6 Å². The standard InChI is InChI=1S/C19H21ClN2O4/c1-3-14-8-10-15(11-9-14)26-13(2)19(24)22-21-18(23)12-25-17-7-5-4-6-16(17)20/h4-11,13H,3,12H2,1-2H3,(H,21,23)(H,22,24)/t13-/m0/s1. The molecular weight excluding hydrogens is 356 g/mol. The number of carbonyl (C=O) groups is 2.